The number of amides is 12. The van der Waals surface area contributed by atoms with Gasteiger partial charge in [0.15, 0.2) is 5.96 Å². The highest BCUT2D eigenvalue weighted by atomic mass is 33.1. The third-order valence-corrected chi connectivity index (χ3v) is 19.7. The molecule has 2 aliphatic rings. The standard InChI is InChI=1S/C41H59N13O15S3.C24H48N6O5/c1-69-11-10-44-29(55)15-46-35(63)26-17-70-20-31(57)49-25(14-33(60)61)38(66)53-27-18-71-72-19-28(40(68)51-23(36(64)52-26)12-21-6-3-2-4-7-21)54-37(65)24(13-32(58)59)48-30(56)16-47-34(62)22(50-39(27)67)8-5-9-45-41(42)43;1-9-13-35-14-12-25-20(31)10-11-21(32)26-15-24(8,16-27-22(4,5)18(2)29-33)17-28-23(6,7)19(3)30-34/h2-4,6-7,22-28H,5,8-20H2,1H3,(H,44,55)(H,46,63)(H,47,62)(H,48,56)(H,49,57)(H,50,67)(H,51,68)(H,52,64)(H,53,66)(H,54,65)(H,58,59)(H,60,61)(H4,42,43,45);27-28,33-34H,9-17H2,1-8H3,(H,25,31)(H,26,32)/b;29-18+,30-19+/t22-,23-,24-,25-,26-,27-,28-;/m0./s1. The van der Waals surface area contributed by atoms with Gasteiger partial charge in [-0.3, -0.25) is 72.1 Å². The first kappa shape index (κ1) is 94.0. The van der Waals surface area contributed by atoms with Gasteiger partial charge in [0.1, 0.15) is 42.3 Å². The van der Waals surface area contributed by atoms with E-state index in [0.29, 0.717) is 56.4 Å². The van der Waals surface area contributed by atoms with Crippen LogP contribution in [-0.4, -0.2) is 277 Å². The third kappa shape index (κ3) is 38.8. The lowest BCUT2D eigenvalue weighted by molar-refractivity contribution is -0.141. The second kappa shape index (κ2) is 49.7. The number of aliphatic imine (C=N–C) groups is 1. The molecule has 39 nitrogen and oxygen atoms in total. The van der Waals surface area contributed by atoms with Gasteiger partial charge in [-0.2, -0.15) is 0 Å². The largest absolute Gasteiger partial charge is 0.481 e. The zero-order valence-electron chi connectivity index (χ0n) is 61.7. The van der Waals surface area contributed by atoms with E-state index < -0.39 is 167 Å². The Morgan fingerprint density at radius 1 is 0.598 bits per heavy atom. The Bertz CT molecular complexity index is 3210. The summed E-state index contributed by atoms with van der Waals surface area (Å²) in [5, 5.41) is 81.0. The monoisotopic (exact) mass is 1570 g/mol. The van der Waals surface area contributed by atoms with Crippen LogP contribution in [0.25, 0.3) is 0 Å². The smallest absolute Gasteiger partial charge is 0.305 e. The van der Waals surface area contributed by atoms with E-state index in [-0.39, 0.29) is 81.1 Å². The first-order chi connectivity index (χ1) is 50.5. The topological polar surface area (TPSA) is 596 Å². The van der Waals surface area contributed by atoms with E-state index in [9.17, 15) is 87.8 Å². The summed E-state index contributed by atoms with van der Waals surface area (Å²) >= 11 is 0.756. The van der Waals surface area contributed by atoms with E-state index in [1.54, 1.807) is 44.2 Å². The highest BCUT2D eigenvalue weighted by molar-refractivity contribution is 8.76. The number of nitrogens with one attached hydrogen (secondary N) is 14. The molecule has 12 amide bonds. The van der Waals surface area contributed by atoms with Gasteiger partial charge in [0, 0.05) is 94.9 Å². The van der Waals surface area contributed by atoms with E-state index in [2.05, 4.69) is 89.7 Å². The number of hydrogen-bond donors (Lipinski definition) is 20. The van der Waals surface area contributed by atoms with Crippen LogP contribution in [0.3, 0.4) is 0 Å². The number of methoxy groups -OCH3 is 1. The number of carbonyl (C=O) groups excluding carboxylic acids is 12. The van der Waals surface area contributed by atoms with E-state index in [0.717, 1.165) is 39.8 Å². The third-order valence-electron chi connectivity index (χ3n) is 16.2. The Labute approximate surface area is 632 Å². The van der Waals surface area contributed by atoms with Crippen LogP contribution in [0.4, 0.5) is 0 Å². The van der Waals surface area contributed by atoms with Gasteiger partial charge in [-0.15, -0.1) is 11.8 Å². The number of guanidine groups is 1. The number of rotatable bonds is 34. The number of carbonyl (C=O) groups is 14. The first-order valence-electron chi connectivity index (χ1n) is 34.2. The summed E-state index contributed by atoms with van der Waals surface area (Å²) < 4.78 is 10.2. The van der Waals surface area contributed by atoms with Crippen molar-refractivity contribution in [1.29, 1.82) is 0 Å². The Kier molecular flexibility index (Phi) is 43.7. The van der Waals surface area contributed by atoms with Crippen LogP contribution >= 0.6 is 33.3 Å². The Balaban J connectivity index is 0.000000931. The number of ether oxygens (including phenoxy) is 2. The second-order valence-corrected chi connectivity index (χ2v) is 29.7. The summed E-state index contributed by atoms with van der Waals surface area (Å²) in [6, 6.07) is -3.03. The van der Waals surface area contributed by atoms with Crippen LogP contribution in [0, 0.1) is 5.41 Å². The minimum atomic E-state index is -1.83. The first-order valence-corrected chi connectivity index (χ1v) is 37.9. The zero-order valence-corrected chi connectivity index (χ0v) is 64.2. The summed E-state index contributed by atoms with van der Waals surface area (Å²) in [6.07, 6.45) is -1.12. The summed E-state index contributed by atoms with van der Waals surface area (Å²) in [7, 11) is 3.10. The Morgan fingerprint density at radius 3 is 1.64 bits per heavy atom. The number of hydrogen-bond acceptors (Lipinski definition) is 26. The normalized spacial score (nSPS) is 20.3. The van der Waals surface area contributed by atoms with Crippen LogP contribution < -0.4 is 85.9 Å². The van der Waals surface area contributed by atoms with Crippen molar-refractivity contribution < 1.29 is 97.2 Å². The molecule has 7 atom stereocenters. The van der Waals surface area contributed by atoms with Gasteiger partial charge in [-0.05, 0) is 66.4 Å². The van der Waals surface area contributed by atoms with Crippen molar-refractivity contribution in [3.05, 3.63) is 35.9 Å². The van der Waals surface area contributed by atoms with E-state index >= 15 is 0 Å². The maximum absolute atomic E-state index is 14.3. The zero-order chi connectivity index (χ0) is 80.3. The van der Waals surface area contributed by atoms with Gasteiger partial charge < -0.3 is 116 Å². The molecule has 0 spiro atoms. The average Bonchev–Trinajstić information content (AvgIpc) is 1.26. The lowest BCUT2D eigenvalue weighted by Gasteiger charge is -2.38. The molecule has 0 radical (unpaired) electrons. The Morgan fingerprint density at radius 2 is 1.11 bits per heavy atom. The van der Waals surface area contributed by atoms with Crippen molar-refractivity contribution in [2.45, 2.75) is 160 Å². The molecule has 1 aromatic carbocycles. The number of thioether (sulfide) groups is 1. The molecule has 0 aromatic heterocycles. The van der Waals surface area contributed by atoms with Crippen LogP contribution in [-0.2, 0) is 83.0 Å². The minimum Gasteiger partial charge on any atom is -0.481 e. The van der Waals surface area contributed by atoms with Crippen molar-refractivity contribution in [2.24, 2.45) is 32.2 Å². The molecule has 0 saturated carbocycles. The molecule has 3 rings (SSSR count). The molecule has 600 valence electrons. The lowest BCUT2D eigenvalue weighted by atomic mass is 9.86. The SMILES string of the molecule is CCCOCCNC(=O)CCC(=O)NCC(C)(CNC(C)(C)/C(C)=N/O)CNC(C)(C)/C(C)=N/O.COCCNC(=O)CNC(=O)[C@@H]1CSCC(=O)N[C@@H](CC(=O)O)C(=O)N[C@H]2CSSC[C@H](NC(=O)[C@H](CC(=O)O)NC(=O)CNC(=O)[C@H](CCCN=C(N)N)NC2=O)C(=O)N[C@@H](Cc2ccccc2)C(=O)N1. The molecular weight excluding hydrogens is 1460 g/mol. The molecule has 0 unspecified atom stereocenters. The van der Waals surface area contributed by atoms with Crippen LogP contribution in [0.1, 0.15) is 106 Å². The number of oxime groups is 2. The van der Waals surface area contributed by atoms with Gasteiger partial charge >= 0.3 is 11.9 Å². The molecule has 1 aromatic rings. The van der Waals surface area contributed by atoms with Gasteiger partial charge in [0.25, 0.3) is 0 Å². The fourth-order valence-corrected chi connectivity index (χ4v) is 12.4. The maximum Gasteiger partial charge on any atom is 0.305 e. The van der Waals surface area contributed by atoms with Crippen molar-refractivity contribution >= 4 is 134 Å². The summed E-state index contributed by atoms with van der Waals surface area (Å²) in [4.78, 5) is 189. The van der Waals surface area contributed by atoms with Crippen molar-refractivity contribution in [1.82, 2.24) is 74.4 Å². The minimum absolute atomic E-state index is 0.00928. The van der Waals surface area contributed by atoms with E-state index in [1.807, 2.05) is 41.5 Å². The molecule has 2 bridgehead atoms. The van der Waals surface area contributed by atoms with E-state index in [1.165, 1.54) is 7.11 Å². The maximum atomic E-state index is 14.3. The Hall–Kier alpha value is -9.10. The van der Waals surface area contributed by atoms with Crippen molar-refractivity contribution in [2.75, 3.05) is 102 Å². The summed E-state index contributed by atoms with van der Waals surface area (Å²) in [5.74, 6) is -15.1. The second-order valence-electron chi connectivity index (χ2n) is 26.1. The number of fused-ring (bicyclic) bond motifs is 5. The molecule has 2 aliphatic heterocycles. The highest BCUT2D eigenvalue weighted by Crippen LogP contribution is 2.25. The molecule has 107 heavy (non-hydrogen) atoms. The number of nitrogens with two attached hydrogens (primary N) is 2. The molecular formula is C65H107N19O20S3. The number of nitrogens with zero attached hydrogens (tertiary/aromatic N) is 3. The summed E-state index contributed by atoms with van der Waals surface area (Å²) in [5.41, 5.74) is 10.8. The number of carboxylic acids is 2. The quantitative estimate of drug-likeness (QED) is 0.00774. The number of carboxylic acid groups (broad SMARTS) is 2. The van der Waals surface area contributed by atoms with Crippen molar-refractivity contribution in [3.63, 3.8) is 0 Å². The molecule has 42 heteroatoms. The number of benzene rings is 1. The fraction of sp³-hybridized carbons (Fsp3) is 0.646. The van der Waals surface area contributed by atoms with E-state index in [4.69, 9.17) is 20.9 Å². The molecule has 0 aliphatic carbocycles. The average molecular weight is 1570 g/mol. The molecule has 2 saturated heterocycles. The van der Waals surface area contributed by atoms with Gasteiger partial charge in [-0.1, -0.05) is 76.1 Å². The summed E-state index contributed by atoms with van der Waals surface area (Å²) in [6.45, 7) is 16.9. The van der Waals surface area contributed by atoms with Gasteiger partial charge in [0.05, 0.1) is 67.4 Å². The van der Waals surface area contributed by atoms with Crippen LogP contribution in [0.15, 0.2) is 45.6 Å². The highest BCUT2D eigenvalue weighted by Gasteiger charge is 2.37. The van der Waals surface area contributed by atoms with Crippen molar-refractivity contribution in [3.8, 4) is 0 Å². The molecule has 2 heterocycles. The lowest BCUT2D eigenvalue weighted by Crippen LogP contribution is -2.60. The predicted molar refractivity (Wildman–Crippen MR) is 400 cm³/mol. The fourth-order valence-electron chi connectivity index (χ4n) is 9.22. The van der Waals surface area contributed by atoms with Gasteiger partial charge in [0.2, 0.25) is 70.9 Å². The van der Waals surface area contributed by atoms with Crippen LogP contribution in [0.2, 0.25) is 0 Å². The van der Waals surface area contributed by atoms with Gasteiger partial charge in [-0.25, -0.2) is 0 Å². The van der Waals surface area contributed by atoms with Crippen LogP contribution in [0.5, 0.6) is 0 Å². The molecule has 2 fully saturated rings. The molecule has 22 N–H and O–H groups in total. The predicted octanol–water partition coefficient (Wildman–Crippen LogP) is -4.37. The number of aliphatic carboxylic acids is 2.